The third-order valence-electron chi connectivity index (χ3n) is 1.77. The van der Waals surface area contributed by atoms with Crippen molar-refractivity contribution < 1.29 is 0 Å². The largest absolute Gasteiger partial charge is 0.315 e. The topological polar surface area (TPSA) is 12.0 Å². The van der Waals surface area contributed by atoms with Gasteiger partial charge in [0.1, 0.15) is 0 Å². The van der Waals surface area contributed by atoms with E-state index >= 15 is 0 Å². The lowest BCUT2D eigenvalue weighted by Gasteiger charge is -2.33. The standard InChI is InChI=1S/C7H15NS/c1-7(2)3-6(9)4-8-5-7/h6,8-9H,3-5H2,1-2H3/t6-/m0/s1. The van der Waals surface area contributed by atoms with E-state index in [1.807, 2.05) is 0 Å². The number of hydrogen-bond acceptors (Lipinski definition) is 2. The van der Waals surface area contributed by atoms with Crippen LogP contribution >= 0.6 is 12.6 Å². The van der Waals surface area contributed by atoms with Crippen molar-refractivity contribution in [3.63, 3.8) is 0 Å². The maximum Gasteiger partial charge on any atom is 0.0147 e. The van der Waals surface area contributed by atoms with E-state index in [0.717, 1.165) is 13.1 Å². The summed E-state index contributed by atoms with van der Waals surface area (Å²) >= 11 is 4.41. The molecule has 1 N–H and O–H groups in total. The van der Waals surface area contributed by atoms with Crippen molar-refractivity contribution in [2.45, 2.75) is 25.5 Å². The minimum absolute atomic E-state index is 0.463. The Morgan fingerprint density at radius 3 is 2.56 bits per heavy atom. The molecule has 1 aliphatic rings. The van der Waals surface area contributed by atoms with Gasteiger partial charge in [0.25, 0.3) is 0 Å². The van der Waals surface area contributed by atoms with Gasteiger partial charge < -0.3 is 5.32 Å². The summed E-state index contributed by atoms with van der Waals surface area (Å²) in [6, 6.07) is 0. The molecule has 0 bridgehead atoms. The fourth-order valence-electron chi connectivity index (χ4n) is 1.36. The van der Waals surface area contributed by atoms with Gasteiger partial charge in [0.2, 0.25) is 0 Å². The number of nitrogens with one attached hydrogen (secondary N) is 1. The van der Waals surface area contributed by atoms with Gasteiger partial charge in [0, 0.05) is 18.3 Å². The molecule has 54 valence electrons. The molecule has 1 nitrogen and oxygen atoms in total. The summed E-state index contributed by atoms with van der Waals surface area (Å²) in [6.07, 6.45) is 1.24. The predicted octanol–water partition coefficient (Wildman–Crippen LogP) is 1.30. The molecule has 0 aromatic heterocycles. The SMILES string of the molecule is CC1(C)CNC[C@@H](S)C1. The Bertz CT molecular complexity index is 101. The first-order chi connectivity index (χ1) is 4.10. The van der Waals surface area contributed by atoms with Crippen LogP contribution in [0.2, 0.25) is 0 Å². The Hall–Kier alpha value is 0.310. The van der Waals surface area contributed by atoms with Gasteiger partial charge in [-0.3, -0.25) is 0 Å². The van der Waals surface area contributed by atoms with Crippen molar-refractivity contribution >= 4 is 12.6 Å². The number of rotatable bonds is 0. The lowest BCUT2D eigenvalue weighted by molar-refractivity contribution is 0.272. The average molecular weight is 145 g/mol. The zero-order valence-electron chi connectivity index (χ0n) is 6.15. The Balaban J connectivity index is 2.41. The van der Waals surface area contributed by atoms with Crippen molar-refractivity contribution in [1.29, 1.82) is 0 Å². The van der Waals surface area contributed by atoms with Crippen molar-refractivity contribution in [3.8, 4) is 0 Å². The van der Waals surface area contributed by atoms with Gasteiger partial charge in [-0.05, 0) is 11.8 Å². The maximum absolute atomic E-state index is 4.41. The van der Waals surface area contributed by atoms with Crippen LogP contribution in [0, 0.1) is 5.41 Å². The second kappa shape index (κ2) is 2.51. The molecule has 1 aliphatic heterocycles. The molecule has 9 heavy (non-hydrogen) atoms. The smallest absolute Gasteiger partial charge is 0.0147 e. The lowest BCUT2D eigenvalue weighted by atomic mass is 9.85. The first-order valence-corrected chi connectivity index (χ1v) is 4.01. The fraction of sp³-hybridized carbons (Fsp3) is 1.00. The monoisotopic (exact) mass is 145 g/mol. The van der Waals surface area contributed by atoms with E-state index in [2.05, 4.69) is 31.8 Å². The Morgan fingerprint density at radius 1 is 1.56 bits per heavy atom. The molecule has 0 aliphatic carbocycles. The van der Waals surface area contributed by atoms with Crippen molar-refractivity contribution in [1.82, 2.24) is 5.32 Å². The summed E-state index contributed by atoms with van der Waals surface area (Å²) in [4.78, 5) is 0. The molecular weight excluding hydrogens is 130 g/mol. The highest BCUT2D eigenvalue weighted by molar-refractivity contribution is 7.81. The van der Waals surface area contributed by atoms with Crippen LogP contribution in [0.3, 0.4) is 0 Å². The summed E-state index contributed by atoms with van der Waals surface area (Å²) in [7, 11) is 0. The first kappa shape index (κ1) is 7.42. The second-order valence-electron chi connectivity index (χ2n) is 3.65. The highest BCUT2D eigenvalue weighted by Gasteiger charge is 2.25. The molecule has 0 radical (unpaired) electrons. The molecule has 0 unspecified atom stereocenters. The van der Waals surface area contributed by atoms with Crippen molar-refractivity contribution in [3.05, 3.63) is 0 Å². The highest BCUT2D eigenvalue weighted by Crippen LogP contribution is 2.26. The summed E-state index contributed by atoms with van der Waals surface area (Å²) in [5, 5.41) is 3.91. The van der Waals surface area contributed by atoms with Gasteiger partial charge in [-0.2, -0.15) is 12.6 Å². The van der Waals surface area contributed by atoms with E-state index in [1.165, 1.54) is 6.42 Å². The van der Waals surface area contributed by atoms with Crippen LogP contribution in [0.5, 0.6) is 0 Å². The number of thiol groups is 1. The normalized spacial score (nSPS) is 34.3. The zero-order chi connectivity index (χ0) is 6.91. The van der Waals surface area contributed by atoms with Crippen LogP contribution in [-0.4, -0.2) is 18.3 Å². The van der Waals surface area contributed by atoms with Gasteiger partial charge in [0.05, 0.1) is 0 Å². The van der Waals surface area contributed by atoms with E-state index in [9.17, 15) is 0 Å². The van der Waals surface area contributed by atoms with Crippen molar-refractivity contribution in [2.75, 3.05) is 13.1 Å². The molecule has 1 heterocycles. The molecule has 1 saturated heterocycles. The minimum Gasteiger partial charge on any atom is -0.315 e. The van der Waals surface area contributed by atoms with Crippen LogP contribution in [0.1, 0.15) is 20.3 Å². The third-order valence-corrected chi connectivity index (χ3v) is 2.14. The van der Waals surface area contributed by atoms with Crippen LogP contribution in [0.25, 0.3) is 0 Å². The van der Waals surface area contributed by atoms with E-state index in [-0.39, 0.29) is 0 Å². The van der Waals surface area contributed by atoms with Crippen LogP contribution in [0.15, 0.2) is 0 Å². The Kier molecular flexibility index (Phi) is 2.07. The maximum atomic E-state index is 4.41. The average Bonchev–Trinajstić information content (AvgIpc) is 1.60. The summed E-state index contributed by atoms with van der Waals surface area (Å²) in [6.45, 7) is 6.78. The summed E-state index contributed by atoms with van der Waals surface area (Å²) in [5.41, 5.74) is 0.463. The Labute approximate surface area is 62.6 Å². The number of hydrogen-bond donors (Lipinski definition) is 2. The molecular formula is C7H15NS. The molecule has 2 heteroatoms. The highest BCUT2D eigenvalue weighted by atomic mass is 32.1. The van der Waals surface area contributed by atoms with E-state index in [0.29, 0.717) is 10.7 Å². The molecule has 1 rings (SSSR count). The van der Waals surface area contributed by atoms with E-state index in [4.69, 9.17) is 0 Å². The van der Waals surface area contributed by atoms with Gasteiger partial charge in [-0.25, -0.2) is 0 Å². The molecule has 0 aromatic carbocycles. The van der Waals surface area contributed by atoms with E-state index in [1.54, 1.807) is 0 Å². The molecule has 0 saturated carbocycles. The van der Waals surface area contributed by atoms with Gasteiger partial charge >= 0.3 is 0 Å². The lowest BCUT2D eigenvalue weighted by Crippen LogP contribution is -2.41. The predicted molar refractivity (Wildman–Crippen MR) is 44.0 cm³/mol. The molecule has 0 amide bonds. The van der Waals surface area contributed by atoms with E-state index < -0.39 is 0 Å². The quantitative estimate of drug-likeness (QED) is 0.490. The second-order valence-corrected chi connectivity index (χ2v) is 4.38. The fourth-order valence-corrected chi connectivity index (χ4v) is 1.98. The van der Waals surface area contributed by atoms with Crippen LogP contribution < -0.4 is 5.32 Å². The molecule has 1 fully saturated rings. The van der Waals surface area contributed by atoms with Crippen LogP contribution in [-0.2, 0) is 0 Å². The molecule has 0 aromatic rings. The minimum atomic E-state index is 0.463. The van der Waals surface area contributed by atoms with Crippen LogP contribution in [0.4, 0.5) is 0 Å². The van der Waals surface area contributed by atoms with Gasteiger partial charge in [-0.1, -0.05) is 13.8 Å². The zero-order valence-corrected chi connectivity index (χ0v) is 7.04. The van der Waals surface area contributed by atoms with Crippen molar-refractivity contribution in [2.24, 2.45) is 5.41 Å². The van der Waals surface area contributed by atoms with Gasteiger partial charge in [-0.15, -0.1) is 0 Å². The third kappa shape index (κ3) is 2.18. The molecule has 0 spiro atoms. The first-order valence-electron chi connectivity index (χ1n) is 3.49. The summed E-state index contributed by atoms with van der Waals surface area (Å²) < 4.78 is 0. The van der Waals surface area contributed by atoms with Gasteiger partial charge in [0.15, 0.2) is 0 Å². The summed E-state index contributed by atoms with van der Waals surface area (Å²) in [5.74, 6) is 0. The molecule has 1 atom stereocenters. The Morgan fingerprint density at radius 2 is 2.22 bits per heavy atom. The number of piperidine rings is 1.